The summed E-state index contributed by atoms with van der Waals surface area (Å²) in [5.41, 5.74) is 3.65. The number of rotatable bonds is 9. The third kappa shape index (κ3) is 6.32. The van der Waals surface area contributed by atoms with E-state index in [1.165, 1.54) is 39.8 Å². The van der Waals surface area contributed by atoms with E-state index in [0.717, 1.165) is 28.9 Å². The molecule has 0 saturated carbocycles. The summed E-state index contributed by atoms with van der Waals surface area (Å²) in [5.74, 6) is 0.478. The van der Waals surface area contributed by atoms with Crippen molar-refractivity contribution in [1.82, 2.24) is 15.1 Å². The Morgan fingerprint density at radius 3 is 2.84 bits per heavy atom. The number of hydrogen-bond donors (Lipinski definition) is 1. The van der Waals surface area contributed by atoms with Gasteiger partial charge in [0.1, 0.15) is 0 Å². The summed E-state index contributed by atoms with van der Waals surface area (Å²) >= 11 is 2.95. The van der Waals surface area contributed by atoms with E-state index in [9.17, 15) is 4.79 Å². The van der Waals surface area contributed by atoms with E-state index in [-0.39, 0.29) is 5.91 Å². The number of unbranched alkanes of at least 4 members (excludes halogenated alkanes) is 1. The van der Waals surface area contributed by atoms with E-state index in [1.54, 1.807) is 4.90 Å². The number of aryl methyl sites for hydroxylation is 2. The van der Waals surface area contributed by atoms with Crippen molar-refractivity contribution in [1.29, 1.82) is 0 Å². The van der Waals surface area contributed by atoms with Crippen LogP contribution >= 0.6 is 23.1 Å². The zero-order valence-corrected chi connectivity index (χ0v) is 17.0. The van der Waals surface area contributed by atoms with Gasteiger partial charge in [-0.15, -0.1) is 10.2 Å². The molecule has 1 aromatic carbocycles. The summed E-state index contributed by atoms with van der Waals surface area (Å²) in [6, 6.07) is 6.33. The van der Waals surface area contributed by atoms with Crippen LogP contribution in [0.2, 0.25) is 0 Å². The highest BCUT2D eigenvalue weighted by molar-refractivity contribution is 8.01. The minimum atomic E-state index is 0.0978. The lowest BCUT2D eigenvalue weighted by atomic mass is 10.1. The first-order chi connectivity index (χ1) is 12.0. The quantitative estimate of drug-likeness (QED) is 0.525. The molecule has 0 spiro atoms. The average Bonchev–Trinajstić information content (AvgIpc) is 3.03. The van der Waals surface area contributed by atoms with Crippen molar-refractivity contribution < 1.29 is 4.79 Å². The van der Waals surface area contributed by atoms with Gasteiger partial charge < -0.3 is 10.2 Å². The van der Waals surface area contributed by atoms with Gasteiger partial charge in [-0.25, -0.2) is 0 Å². The summed E-state index contributed by atoms with van der Waals surface area (Å²) < 4.78 is 0.826. The van der Waals surface area contributed by atoms with Gasteiger partial charge in [-0.3, -0.25) is 4.79 Å². The molecule has 0 atom stereocenters. The van der Waals surface area contributed by atoms with Crippen molar-refractivity contribution in [3.8, 4) is 0 Å². The number of anilines is 1. The maximum absolute atomic E-state index is 12.4. The molecule has 1 heterocycles. The van der Waals surface area contributed by atoms with Gasteiger partial charge in [0.25, 0.3) is 0 Å². The second-order valence-electron chi connectivity index (χ2n) is 6.12. The number of carbonyl (C=O) groups excluding carboxylic acids is 1. The first kappa shape index (κ1) is 19.7. The van der Waals surface area contributed by atoms with Gasteiger partial charge in [-0.2, -0.15) is 0 Å². The summed E-state index contributed by atoms with van der Waals surface area (Å²) in [6.45, 7) is 7.86. The topological polar surface area (TPSA) is 58.1 Å². The minimum absolute atomic E-state index is 0.0978. The van der Waals surface area contributed by atoms with E-state index in [4.69, 9.17) is 0 Å². The number of thioether (sulfide) groups is 1. The van der Waals surface area contributed by atoms with Crippen LogP contribution in [-0.2, 0) is 11.3 Å². The lowest BCUT2D eigenvalue weighted by Gasteiger charge is -2.18. The molecule has 5 nitrogen and oxygen atoms in total. The highest BCUT2D eigenvalue weighted by Crippen LogP contribution is 2.25. The van der Waals surface area contributed by atoms with Crippen LogP contribution in [0.4, 0.5) is 5.13 Å². The van der Waals surface area contributed by atoms with Gasteiger partial charge in [-0.05, 0) is 31.4 Å². The SMILES string of the molecule is CCCCNc1nnc(SCC(=O)N(C)Cc2ccc(C)cc2C)s1. The fraction of sp³-hybridized carbons (Fsp3) is 0.500. The molecule has 0 fully saturated rings. The first-order valence-corrected chi connectivity index (χ1v) is 10.3. The minimum Gasteiger partial charge on any atom is -0.360 e. The Morgan fingerprint density at radius 2 is 2.12 bits per heavy atom. The largest absolute Gasteiger partial charge is 0.360 e. The molecule has 1 N–H and O–H groups in total. The van der Waals surface area contributed by atoms with Crippen molar-refractivity contribution >= 4 is 34.1 Å². The summed E-state index contributed by atoms with van der Waals surface area (Å²) in [5, 5.41) is 12.3. The Labute approximate surface area is 158 Å². The van der Waals surface area contributed by atoms with Crippen LogP contribution in [0.5, 0.6) is 0 Å². The van der Waals surface area contributed by atoms with Crippen LogP contribution in [0, 0.1) is 13.8 Å². The molecule has 0 unspecified atom stereocenters. The number of aromatic nitrogens is 2. The summed E-state index contributed by atoms with van der Waals surface area (Å²) in [6.07, 6.45) is 2.26. The van der Waals surface area contributed by atoms with Crippen LogP contribution in [-0.4, -0.2) is 40.3 Å². The highest BCUT2D eigenvalue weighted by Gasteiger charge is 2.13. The fourth-order valence-corrected chi connectivity index (χ4v) is 4.03. The molecule has 0 aliphatic rings. The van der Waals surface area contributed by atoms with Crippen molar-refractivity contribution in [3.05, 3.63) is 34.9 Å². The van der Waals surface area contributed by atoms with Crippen LogP contribution in [0.15, 0.2) is 22.5 Å². The van der Waals surface area contributed by atoms with Gasteiger partial charge in [0.2, 0.25) is 11.0 Å². The number of nitrogens with one attached hydrogen (secondary N) is 1. The second kappa shape index (κ2) is 9.77. The molecule has 1 aromatic heterocycles. The molecule has 0 aliphatic carbocycles. The molecule has 2 rings (SSSR count). The lowest BCUT2D eigenvalue weighted by molar-refractivity contribution is -0.127. The second-order valence-corrected chi connectivity index (χ2v) is 8.32. The molecule has 2 aromatic rings. The molecular weight excluding hydrogens is 352 g/mol. The number of hydrogen-bond acceptors (Lipinski definition) is 6. The van der Waals surface area contributed by atoms with Gasteiger partial charge >= 0.3 is 0 Å². The molecule has 136 valence electrons. The maximum Gasteiger partial charge on any atom is 0.233 e. The monoisotopic (exact) mass is 378 g/mol. The Balaban J connectivity index is 1.81. The van der Waals surface area contributed by atoms with Crippen molar-refractivity contribution in [2.45, 2.75) is 44.5 Å². The van der Waals surface area contributed by atoms with Gasteiger partial charge in [0.15, 0.2) is 4.34 Å². The Hall–Kier alpha value is -1.60. The maximum atomic E-state index is 12.4. The number of amides is 1. The van der Waals surface area contributed by atoms with Crippen LogP contribution in [0.25, 0.3) is 0 Å². The average molecular weight is 379 g/mol. The van der Waals surface area contributed by atoms with Crippen molar-refractivity contribution in [3.63, 3.8) is 0 Å². The third-order valence-corrected chi connectivity index (χ3v) is 5.86. The lowest BCUT2D eigenvalue weighted by Crippen LogP contribution is -2.28. The summed E-state index contributed by atoms with van der Waals surface area (Å²) in [4.78, 5) is 14.1. The Kier molecular flexibility index (Phi) is 7.71. The van der Waals surface area contributed by atoms with E-state index in [0.29, 0.717) is 12.3 Å². The van der Waals surface area contributed by atoms with E-state index in [2.05, 4.69) is 54.5 Å². The van der Waals surface area contributed by atoms with Crippen LogP contribution in [0.3, 0.4) is 0 Å². The zero-order chi connectivity index (χ0) is 18.2. The van der Waals surface area contributed by atoms with Gasteiger partial charge in [-0.1, -0.05) is 60.2 Å². The molecule has 1 amide bonds. The molecule has 0 radical (unpaired) electrons. The van der Waals surface area contributed by atoms with E-state index in [1.807, 2.05) is 7.05 Å². The number of benzene rings is 1. The predicted octanol–water partition coefficient (Wildman–Crippen LogP) is 4.12. The molecule has 7 heteroatoms. The van der Waals surface area contributed by atoms with E-state index < -0.39 is 0 Å². The molecular formula is C18H26N4OS2. The smallest absolute Gasteiger partial charge is 0.233 e. The highest BCUT2D eigenvalue weighted by atomic mass is 32.2. The van der Waals surface area contributed by atoms with Gasteiger partial charge in [0, 0.05) is 20.1 Å². The number of carbonyl (C=O) groups is 1. The summed E-state index contributed by atoms with van der Waals surface area (Å²) in [7, 11) is 1.85. The fourth-order valence-electron chi connectivity index (χ4n) is 2.31. The first-order valence-electron chi connectivity index (χ1n) is 8.50. The normalized spacial score (nSPS) is 10.7. The number of nitrogens with zero attached hydrogens (tertiary/aromatic N) is 3. The molecule has 0 bridgehead atoms. The van der Waals surface area contributed by atoms with Crippen molar-refractivity contribution in [2.75, 3.05) is 24.7 Å². The zero-order valence-electron chi connectivity index (χ0n) is 15.3. The third-order valence-electron chi connectivity index (χ3n) is 3.86. The van der Waals surface area contributed by atoms with Crippen LogP contribution < -0.4 is 5.32 Å². The van der Waals surface area contributed by atoms with Crippen molar-refractivity contribution in [2.24, 2.45) is 0 Å². The molecule has 25 heavy (non-hydrogen) atoms. The molecule has 0 aliphatic heterocycles. The van der Waals surface area contributed by atoms with Gasteiger partial charge in [0.05, 0.1) is 5.75 Å². The van der Waals surface area contributed by atoms with E-state index >= 15 is 0 Å². The molecule has 0 saturated heterocycles. The standard InChI is InChI=1S/C18H26N4OS2/c1-5-6-9-19-17-20-21-18(25-17)24-12-16(23)22(4)11-15-8-7-13(2)10-14(15)3/h7-8,10H,5-6,9,11-12H2,1-4H3,(H,19,20). The predicted molar refractivity (Wildman–Crippen MR) is 106 cm³/mol. The Bertz CT molecular complexity index is 702. The van der Waals surface area contributed by atoms with Crippen LogP contribution in [0.1, 0.15) is 36.5 Å². The Morgan fingerprint density at radius 1 is 1.32 bits per heavy atom.